The molecule has 0 saturated carbocycles. The van der Waals surface area contributed by atoms with Gasteiger partial charge in [-0.05, 0) is 50.5 Å². The van der Waals surface area contributed by atoms with E-state index in [4.69, 9.17) is 9.72 Å². The molecule has 2 aromatic carbocycles. The first-order valence-corrected chi connectivity index (χ1v) is 10.9. The Bertz CT molecular complexity index is 1120. The number of para-hydroxylation sites is 1. The van der Waals surface area contributed by atoms with E-state index in [-0.39, 0.29) is 23.2 Å². The first-order valence-electron chi connectivity index (χ1n) is 9.87. The normalized spacial score (nSPS) is 16.4. The number of hydrogen-bond acceptors (Lipinski definition) is 5. The summed E-state index contributed by atoms with van der Waals surface area (Å²) in [6.07, 6.45) is 1.96. The number of Topliss-reactive ketones (excluding diaryl/α,β-unsaturated/α-hetero) is 1. The van der Waals surface area contributed by atoms with Crippen LogP contribution in [0.25, 0.3) is 10.9 Å². The van der Waals surface area contributed by atoms with Crippen LogP contribution in [0.2, 0.25) is 0 Å². The number of nitrogens with zero attached hydrogens (tertiary/aromatic N) is 2. The highest BCUT2D eigenvalue weighted by atomic mass is 32.2. The van der Waals surface area contributed by atoms with E-state index >= 15 is 0 Å². The Labute approximate surface area is 174 Å². The molecule has 1 aromatic heterocycles. The molecule has 3 aromatic rings. The van der Waals surface area contributed by atoms with Crippen molar-refractivity contribution < 1.29 is 9.53 Å². The van der Waals surface area contributed by atoms with Crippen molar-refractivity contribution in [3.8, 4) is 0 Å². The molecule has 0 amide bonds. The first-order chi connectivity index (χ1) is 14.0. The lowest BCUT2D eigenvalue weighted by Crippen LogP contribution is -2.29. The second-order valence-corrected chi connectivity index (χ2v) is 8.44. The minimum Gasteiger partial charge on any atom is -0.376 e. The van der Waals surface area contributed by atoms with Crippen LogP contribution in [0.3, 0.4) is 0 Å². The van der Waals surface area contributed by atoms with Gasteiger partial charge in [0.25, 0.3) is 5.56 Å². The molecule has 6 heteroatoms. The van der Waals surface area contributed by atoms with Gasteiger partial charge >= 0.3 is 0 Å². The molecule has 4 rings (SSSR count). The molecule has 29 heavy (non-hydrogen) atoms. The SMILES string of the molecule is Cc1ccc(C)c(C(=O)CSc2nc3ccccc3c(=O)n2CC2CCCO2)c1. The molecule has 150 valence electrons. The van der Waals surface area contributed by atoms with Crippen molar-refractivity contribution in [1.82, 2.24) is 9.55 Å². The number of ketones is 1. The predicted octanol–water partition coefficient (Wildman–Crippen LogP) is 4.17. The second-order valence-electron chi connectivity index (χ2n) is 7.49. The van der Waals surface area contributed by atoms with Gasteiger partial charge in [-0.3, -0.25) is 14.2 Å². The van der Waals surface area contributed by atoms with Crippen LogP contribution in [0.4, 0.5) is 0 Å². The van der Waals surface area contributed by atoms with Gasteiger partial charge in [0.15, 0.2) is 10.9 Å². The van der Waals surface area contributed by atoms with Crippen molar-refractivity contribution in [2.75, 3.05) is 12.4 Å². The van der Waals surface area contributed by atoms with Gasteiger partial charge in [0, 0.05) is 12.2 Å². The van der Waals surface area contributed by atoms with Gasteiger partial charge in [-0.15, -0.1) is 0 Å². The Morgan fingerprint density at radius 3 is 2.86 bits per heavy atom. The minimum atomic E-state index is -0.0761. The number of carbonyl (C=O) groups is 1. The largest absolute Gasteiger partial charge is 0.376 e. The van der Waals surface area contributed by atoms with E-state index in [0.29, 0.717) is 22.6 Å². The topological polar surface area (TPSA) is 61.2 Å². The van der Waals surface area contributed by atoms with Gasteiger partial charge in [-0.1, -0.05) is 41.6 Å². The molecule has 0 spiro atoms. The predicted molar refractivity (Wildman–Crippen MR) is 116 cm³/mol. The summed E-state index contributed by atoms with van der Waals surface area (Å²) < 4.78 is 7.42. The van der Waals surface area contributed by atoms with E-state index in [1.54, 1.807) is 10.6 Å². The van der Waals surface area contributed by atoms with E-state index in [9.17, 15) is 9.59 Å². The maximum atomic E-state index is 13.1. The van der Waals surface area contributed by atoms with E-state index < -0.39 is 0 Å². The van der Waals surface area contributed by atoms with Gasteiger partial charge in [0.05, 0.1) is 29.3 Å². The number of hydrogen-bond donors (Lipinski definition) is 0. The van der Waals surface area contributed by atoms with Gasteiger partial charge in [0.2, 0.25) is 0 Å². The second kappa shape index (κ2) is 8.51. The summed E-state index contributed by atoms with van der Waals surface area (Å²) in [4.78, 5) is 30.7. The van der Waals surface area contributed by atoms with Crippen LogP contribution in [-0.4, -0.2) is 33.8 Å². The number of rotatable bonds is 6. The van der Waals surface area contributed by atoms with E-state index in [2.05, 4.69) is 0 Å². The van der Waals surface area contributed by atoms with Crippen molar-refractivity contribution in [1.29, 1.82) is 0 Å². The summed E-state index contributed by atoms with van der Waals surface area (Å²) in [5.41, 5.74) is 3.33. The summed E-state index contributed by atoms with van der Waals surface area (Å²) in [7, 11) is 0. The van der Waals surface area contributed by atoms with E-state index in [1.807, 2.05) is 50.2 Å². The van der Waals surface area contributed by atoms with Crippen molar-refractivity contribution >= 4 is 28.4 Å². The fraction of sp³-hybridized carbons (Fsp3) is 0.348. The molecule has 1 aliphatic heterocycles. The van der Waals surface area contributed by atoms with Crippen LogP contribution in [0.15, 0.2) is 52.4 Å². The van der Waals surface area contributed by atoms with Crippen LogP contribution in [0.1, 0.15) is 34.3 Å². The lowest BCUT2D eigenvalue weighted by atomic mass is 10.0. The number of thioether (sulfide) groups is 1. The smallest absolute Gasteiger partial charge is 0.262 e. The van der Waals surface area contributed by atoms with Crippen LogP contribution < -0.4 is 5.56 Å². The van der Waals surface area contributed by atoms with Crippen LogP contribution in [0, 0.1) is 13.8 Å². The molecule has 1 unspecified atom stereocenters. The van der Waals surface area contributed by atoms with Crippen LogP contribution >= 0.6 is 11.8 Å². The number of benzene rings is 2. The molecule has 0 radical (unpaired) electrons. The Kier molecular flexibility index (Phi) is 5.83. The zero-order chi connectivity index (χ0) is 20.4. The highest BCUT2D eigenvalue weighted by Crippen LogP contribution is 2.23. The summed E-state index contributed by atoms with van der Waals surface area (Å²) in [5, 5.41) is 1.17. The lowest BCUT2D eigenvalue weighted by Gasteiger charge is -2.16. The third kappa shape index (κ3) is 4.28. The van der Waals surface area contributed by atoms with Gasteiger partial charge < -0.3 is 4.74 Å². The Morgan fingerprint density at radius 2 is 2.07 bits per heavy atom. The molecule has 2 heterocycles. The van der Waals surface area contributed by atoms with E-state index in [0.717, 1.165) is 36.1 Å². The zero-order valence-corrected chi connectivity index (χ0v) is 17.5. The van der Waals surface area contributed by atoms with Crippen molar-refractivity contribution in [2.45, 2.75) is 44.5 Å². The number of fused-ring (bicyclic) bond motifs is 1. The Hall–Kier alpha value is -2.44. The highest BCUT2D eigenvalue weighted by molar-refractivity contribution is 7.99. The third-order valence-electron chi connectivity index (χ3n) is 5.26. The standard InChI is InChI=1S/C23H24N2O3S/c1-15-9-10-16(2)19(12-15)21(26)14-29-23-24-20-8-4-3-7-18(20)22(27)25(23)13-17-6-5-11-28-17/h3-4,7-10,12,17H,5-6,11,13-14H2,1-2H3. The fourth-order valence-electron chi connectivity index (χ4n) is 3.65. The number of aromatic nitrogens is 2. The Balaban J connectivity index is 1.65. The van der Waals surface area contributed by atoms with Crippen molar-refractivity contribution in [2.24, 2.45) is 0 Å². The van der Waals surface area contributed by atoms with Gasteiger partial charge in [-0.25, -0.2) is 4.98 Å². The highest BCUT2D eigenvalue weighted by Gasteiger charge is 2.21. The number of carbonyl (C=O) groups excluding carboxylic acids is 1. The van der Waals surface area contributed by atoms with Crippen LogP contribution in [-0.2, 0) is 11.3 Å². The Morgan fingerprint density at radius 1 is 1.24 bits per heavy atom. The molecular formula is C23H24N2O3S. The third-order valence-corrected chi connectivity index (χ3v) is 6.24. The molecule has 1 saturated heterocycles. The lowest BCUT2D eigenvalue weighted by molar-refractivity contribution is 0.0937. The first kappa shape index (κ1) is 19.9. The molecule has 5 nitrogen and oxygen atoms in total. The fourth-order valence-corrected chi connectivity index (χ4v) is 4.55. The molecule has 1 aliphatic rings. The molecule has 0 N–H and O–H groups in total. The maximum Gasteiger partial charge on any atom is 0.262 e. The van der Waals surface area contributed by atoms with Crippen LogP contribution in [0.5, 0.6) is 0 Å². The molecule has 0 bridgehead atoms. The van der Waals surface area contributed by atoms with Crippen molar-refractivity contribution in [3.63, 3.8) is 0 Å². The zero-order valence-electron chi connectivity index (χ0n) is 16.7. The number of ether oxygens (including phenoxy) is 1. The average Bonchev–Trinajstić information content (AvgIpc) is 3.23. The minimum absolute atomic E-state index is 0.0183. The maximum absolute atomic E-state index is 13.1. The summed E-state index contributed by atoms with van der Waals surface area (Å²) in [6.45, 7) is 5.12. The molecule has 1 atom stereocenters. The summed E-state index contributed by atoms with van der Waals surface area (Å²) in [5.74, 6) is 0.280. The summed E-state index contributed by atoms with van der Waals surface area (Å²) >= 11 is 1.32. The molecular weight excluding hydrogens is 384 g/mol. The number of aryl methyl sites for hydroxylation is 2. The van der Waals surface area contributed by atoms with E-state index in [1.165, 1.54) is 11.8 Å². The molecule has 1 fully saturated rings. The average molecular weight is 409 g/mol. The summed E-state index contributed by atoms with van der Waals surface area (Å²) in [6, 6.07) is 13.2. The van der Waals surface area contributed by atoms with Crippen molar-refractivity contribution in [3.05, 3.63) is 69.5 Å². The van der Waals surface area contributed by atoms with Gasteiger partial charge in [-0.2, -0.15) is 0 Å². The molecule has 0 aliphatic carbocycles. The monoisotopic (exact) mass is 408 g/mol. The van der Waals surface area contributed by atoms with Gasteiger partial charge in [0.1, 0.15) is 0 Å². The quantitative estimate of drug-likeness (QED) is 0.348.